The summed E-state index contributed by atoms with van der Waals surface area (Å²) in [5.74, 6) is 0. The van der Waals surface area contributed by atoms with Gasteiger partial charge in [0, 0.05) is 12.0 Å². The third-order valence-electron chi connectivity index (χ3n) is 2.75. The lowest BCUT2D eigenvalue weighted by Gasteiger charge is -2.14. The molecule has 0 aromatic heterocycles. The summed E-state index contributed by atoms with van der Waals surface area (Å²) in [6, 6.07) is 10.8. The molecule has 12 heavy (non-hydrogen) atoms. The van der Waals surface area contributed by atoms with Crippen LogP contribution >= 0.6 is 0 Å². The van der Waals surface area contributed by atoms with Crippen LogP contribution in [0.4, 0.5) is 0 Å². The van der Waals surface area contributed by atoms with Gasteiger partial charge >= 0.3 is 0 Å². The van der Waals surface area contributed by atoms with Gasteiger partial charge in [0.05, 0.1) is 0 Å². The SMILES string of the molecule is CNCC1(c2ccccc2)CC1. The lowest BCUT2D eigenvalue weighted by molar-refractivity contribution is 0.624. The molecular formula is C11H15N. The Morgan fingerprint density at radius 3 is 2.42 bits per heavy atom. The van der Waals surface area contributed by atoms with E-state index in [1.165, 1.54) is 18.4 Å². The maximum absolute atomic E-state index is 3.27. The van der Waals surface area contributed by atoms with Crippen molar-refractivity contribution in [3.8, 4) is 0 Å². The van der Waals surface area contributed by atoms with E-state index in [0.717, 1.165) is 6.54 Å². The molecule has 0 unspecified atom stereocenters. The van der Waals surface area contributed by atoms with Gasteiger partial charge in [-0.05, 0) is 25.5 Å². The Morgan fingerprint density at radius 1 is 1.25 bits per heavy atom. The Balaban J connectivity index is 2.19. The molecule has 0 amide bonds. The van der Waals surface area contributed by atoms with Crippen molar-refractivity contribution in [1.82, 2.24) is 5.32 Å². The van der Waals surface area contributed by atoms with Crippen LogP contribution in [0.2, 0.25) is 0 Å². The largest absolute Gasteiger partial charge is 0.319 e. The first-order valence-electron chi connectivity index (χ1n) is 4.57. The third-order valence-corrected chi connectivity index (χ3v) is 2.75. The molecule has 0 heterocycles. The van der Waals surface area contributed by atoms with Gasteiger partial charge in [0.15, 0.2) is 0 Å². The van der Waals surface area contributed by atoms with Crippen LogP contribution in [0.5, 0.6) is 0 Å². The summed E-state index contributed by atoms with van der Waals surface area (Å²) in [4.78, 5) is 0. The van der Waals surface area contributed by atoms with Gasteiger partial charge in [-0.25, -0.2) is 0 Å². The molecule has 1 heteroatoms. The lowest BCUT2D eigenvalue weighted by Crippen LogP contribution is -2.23. The van der Waals surface area contributed by atoms with E-state index < -0.39 is 0 Å². The fourth-order valence-electron chi connectivity index (χ4n) is 1.85. The van der Waals surface area contributed by atoms with Gasteiger partial charge in [-0.1, -0.05) is 30.3 Å². The summed E-state index contributed by atoms with van der Waals surface area (Å²) in [7, 11) is 2.03. The predicted molar refractivity (Wildman–Crippen MR) is 51.3 cm³/mol. The highest BCUT2D eigenvalue weighted by atomic mass is 14.8. The monoisotopic (exact) mass is 161 g/mol. The van der Waals surface area contributed by atoms with Gasteiger partial charge in [-0.15, -0.1) is 0 Å². The number of nitrogens with one attached hydrogen (secondary N) is 1. The molecular weight excluding hydrogens is 146 g/mol. The summed E-state index contributed by atoms with van der Waals surface area (Å²) in [6.07, 6.45) is 2.69. The van der Waals surface area contributed by atoms with E-state index in [9.17, 15) is 0 Å². The van der Waals surface area contributed by atoms with E-state index in [0.29, 0.717) is 5.41 Å². The van der Waals surface area contributed by atoms with Crippen molar-refractivity contribution in [2.24, 2.45) is 0 Å². The first-order chi connectivity index (χ1) is 5.87. The first-order valence-corrected chi connectivity index (χ1v) is 4.57. The van der Waals surface area contributed by atoms with Crippen LogP contribution < -0.4 is 5.32 Å². The van der Waals surface area contributed by atoms with Gasteiger partial charge < -0.3 is 5.32 Å². The highest BCUT2D eigenvalue weighted by Gasteiger charge is 2.43. The number of hydrogen-bond acceptors (Lipinski definition) is 1. The minimum atomic E-state index is 0.482. The molecule has 0 aliphatic heterocycles. The number of hydrogen-bond donors (Lipinski definition) is 1. The average Bonchev–Trinajstić information content (AvgIpc) is 2.88. The number of rotatable bonds is 3. The van der Waals surface area contributed by atoms with E-state index >= 15 is 0 Å². The molecule has 64 valence electrons. The second-order valence-electron chi connectivity index (χ2n) is 3.68. The molecule has 1 N–H and O–H groups in total. The summed E-state index contributed by atoms with van der Waals surface area (Å²) < 4.78 is 0. The van der Waals surface area contributed by atoms with Crippen LogP contribution in [-0.4, -0.2) is 13.6 Å². The van der Waals surface area contributed by atoms with E-state index in [1.807, 2.05) is 7.05 Å². The minimum absolute atomic E-state index is 0.482. The zero-order chi connectivity index (χ0) is 8.44. The van der Waals surface area contributed by atoms with Crippen molar-refractivity contribution in [2.45, 2.75) is 18.3 Å². The Labute approximate surface area is 73.8 Å². The normalized spacial score (nSPS) is 19.1. The van der Waals surface area contributed by atoms with Crippen molar-refractivity contribution in [3.63, 3.8) is 0 Å². The van der Waals surface area contributed by atoms with Crippen LogP contribution in [0, 0.1) is 0 Å². The lowest BCUT2D eigenvalue weighted by atomic mass is 9.96. The van der Waals surface area contributed by atoms with Gasteiger partial charge in [0.1, 0.15) is 0 Å². The maximum atomic E-state index is 3.27. The molecule has 1 aromatic rings. The van der Waals surface area contributed by atoms with Crippen molar-refractivity contribution in [2.75, 3.05) is 13.6 Å². The molecule has 1 aromatic carbocycles. The van der Waals surface area contributed by atoms with Crippen molar-refractivity contribution in [1.29, 1.82) is 0 Å². The Kier molecular flexibility index (Phi) is 1.89. The topological polar surface area (TPSA) is 12.0 Å². The van der Waals surface area contributed by atoms with E-state index in [-0.39, 0.29) is 0 Å². The molecule has 1 nitrogen and oxygen atoms in total. The van der Waals surface area contributed by atoms with Gasteiger partial charge in [-0.2, -0.15) is 0 Å². The summed E-state index contributed by atoms with van der Waals surface area (Å²) in [6.45, 7) is 1.12. The highest BCUT2D eigenvalue weighted by Crippen LogP contribution is 2.47. The van der Waals surface area contributed by atoms with Crippen LogP contribution in [0.15, 0.2) is 30.3 Å². The van der Waals surface area contributed by atoms with Gasteiger partial charge in [-0.3, -0.25) is 0 Å². The molecule has 2 rings (SSSR count). The quantitative estimate of drug-likeness (QED) is 0.714. The summed E-state index contributed by atoms with van der Waals surface area (Å²) in [5.41, 5.74) is 1.98. The maximum Gasteiger partial charge on any atom is 0.00783 e. The second-order valence-corrected chi connectivity index (χ2v) is 3.68. The predicted octanol–water partition coefficient (Wildman–Crippen LogP) is 1.94. The van der Waals surface area contributed by atoms with Gasteiger partial charge in [0.2, 0.25) is 0 Å². The molecule has 0 atom stereocenters. The standard InChI is InChI=1S/C11H15N/c1-12-9-11(7-8-11)10-5-3-2-4-6-10/h2-6,12H,7-9H2,1H3. The number of benzene rings is 1. The Hall–Kier alpha value is -0.820. The molecule has 1 fully saturated rings. The van der Waals surface area contributed by atoms with Crippen LogP contribution in [0.25, 0.3) is 0 Å². The fourth-order valence-corrected chi connectivity index (χ4v) is 1.85. The molecule has 1 aliphatic carbocycles. The Morgan fingerprint density at radius 2 is 1.92 bits per heavy atom. The third kappa shape index (κ3) is 1.25. The first kappa shape index (κ1) is 7.81. The van der Waals surface area contributed by atoms with E-state index in [2.05, 4.69) is 35.6 Å². The second kappa shape index (κ2) is 2.91. The van der Waals surface area contributed by atoms with Crippen LogP contribution in [0.3, 0.4) is 0 Å². The molecule has 1 aliphatic rings. The zero-order valence-corrected chi connectivity index (χ0v) is 7.51. The number of likely N-dealkylation sites (N-methyl/N-ethyl adjacent to an activating group) is 1. The minimum Gasteiger partial charge on any atom is -0.319 e. The van der Waals surface area contributed by atoms with Crippen molar-refractivity contribution in [3.05, 3.63) is 35.9 Å². The molecule has 0 spiro atoms. The zero-order valence-electron chi connectivity index (χ0n) is 7.51. The van der Waals surface area contributed by atoms with Crippen molar-refractivity contribution < 1.29 is 0 Å². The highest BCUT2D eigenvalue weighted by molar-refractivity contribution is 5.31. The van der Waals surface area contributed by atoms with Crippen LogP contribution in [-0.2, 0) is 5.41 Å². The van der Waals surface area contributed by atoms with Crippen molar-refractivity contribution >= 4 is 0 Å². The smallest absolute Gasteiger partial charge is 0.00783 e. The van der Waals surface area contributed by atoms with Crippen LogP contribution in [0.1, 0.15) is 18.4 Å². The Bertz CT molecular complexity index is 249. The molecule has 0 bridgehead atoms. The summed E-state index contributed by atoms with van der Waals surface area (Å²) >= 11 is 0. The van der Waals surface area contributed by atoms with E-state index in [4.69, 9.17) is 0 Å². The average molecular weight is 161 g/mol. The fraction of sp³-hybridized carbons (Fsp3) is 0.455. The molecule has 0 saturated heterocycles. The van der Waals surface area contributed by atoms with Gasteiger partial charge in [0.25, 0.3) is 0 Å². The molecule has 1 saturated carbocycles. The molecule has 0 radical (unpaired) electrons. The summed E-state index contributed by atoms with van der Waals surface area (Å²) in [5, 5.41) is 3.27. The van der Waals surface area contributed by atoms with E-state index in [1.54, 1.807) is 0 Å².